The summed E-state index contributed by atoms with van der Waals surface area (Å²) in [5.74, 6) is 1.52. The highest BCUT2D eigenvalue weighted by Gasteiger charge is 2.22. The minimum Gasteiger partial charge on any atom is -0.469 e. The SMILES string of the molecule is CC.COC(C)=O.Cc1nnc2n1-c1sccc1C(c1ccc(Cl)cc1)=NC2. The number of benzene rings is 1. The minimum atomic E-state index is -0.245. The molecular weight excluding hydrogens is 396 g/mol. The highest BCUT2D eigenvalue weighted by Crippen LogP contribution is 2.30. The Morgan fingerprint density at radius 2 is 1.82 bits per heavy atom. The van der Waals surface area contributed by atoms with Crippen molar-refractivity contribution in [3.8, 4) is 5.00 Å². The summed E-state index contributed by atoms with van der Waals surface area (Å²) in [7, 11) is 1.35. The van der Waals surface area contributed by atoms with Crippen molar-refractivity contribution >= 4 is 34.6 Å². The molecule has 148 valence electrons. The standard InChI is InChI=1S/C15H11ClN4S.C3H6O2.C2H6/c1-9-18-19-13-8-17-14(10-2-4-11(16)5-3-10)12-6-7-21-15(12)20(9)13;1-3(4)5-2;1-2/h2-7H,8H2,1H3;1-2H3;1-2H3. The first-order valence-electron chi connectivity index (χ1n) is 8.85. The Labute approximate surface area is 173 Å². The Morgan fingerprint density at radius 1 is 1.18 bits per heavy atom. The number of hydrogen-bond acceptors (Lipinski definition) is 6. The Balaban J connectivity index is 0.000000352. The molecule has 3 heterocycles. The molecule has 6 nitrogen and oxygen atoms in total. The average molecular weight is 419 g/mol. The third-order valence-corrected chi connectivity index (χ3v) is 4.93. The van der Waals surface area contributed by atoms with Gasteiger partial charge in [-0.1, -0.05) is 37.6 Å². The lowest BCUT2D eigenvalue weighted by atomic mass is 10.0. The summed E-state index contributed by atoms with van der Waals surface area (Å²) in [6.45, 7) is 7.85. The van der Waals surface area contributed by atoms with Crippen molar-refractivity contribution in [1.29, 1.82) is 0 Å². The maximum atomic E-state index is 9.59. The van der Waals surface area contributed by atoms with Crippen molar-refractivity contribution < 1.29 is 9.53 Å². The molecule has 4 rings (SSSR count). The van der Waals surface area contributed by atoms with Crippen molar-refractivity contribution in [2.75, 3.05) is 7.11 Å². The summed E-state index contributed by atoms with van der Waals surface area (Å²) in [4.78, 5) is 14.3. The third kappa shape index (κ3) is 4.85. The first-order valence-corrected chi connectivity index (χ1v) is 10.1. The molecule has 0 saturated heterocycles. The molecule has 0 unspecified atom stereocenters. The molecule has 0 atom stereocenters. The van der Waals surface area contributed by atoms with Crippen LogP contribution in [-0.4, -0.2) is 33.6 Å². The third-order valence-electron chi connectivity index (χ3n) is 3.78. The van der Waals surface area contributed by atoms with Crippen LogP contribution in [0.4, 0.5) is 0 Å². The Kier molecular flexibility index (Phi) is 7.90. The second kappa shape index (κ2) is 10.1. The van der Waals surface area contributed by atoms with E-state index >= 15 is 0 Å². The molecule has 1 aliphatic heterocycles. The van der Waals surface area contributed by atoms with E-state index in [0.29, 0.717) is 6.54 Å². The number of aryl methyl sites for hydroxylation is 1. The number of fused-ring (bicyclic) bond motifs is 3. The summed E-state index contributed by atoms with van der Waals surface area (Å²) in [5, 5.41) is 12.3. The van der Waals surface area contributed by atoms with Gasteiger partial charge in [0.25, 0.3) is 0 Å². The van der Waals surface area contributed by atoms with Gasteiger partial charge in [0, 0.05) is 23.1 Å². The number of carbonyl (C=O) groups excluding carboxylic acids is 1. The van der Waals surface area contributed by atoms with Gasteiger partial charge >= 0.3 is 5.97 Å². The highest BCUT2D eigenvalue weighted by molar-refractivity contribution is 7.13. The van der Waals surface area contributed by atoms with Crippen LogP contribution in [0.2, 0.25) is 5.02 Å². The molecule has 0 bridgehead atoms. The van der Waals surface area contributed by atoms with Crippen molar-refractivity contribution in [3.05, 3.63) is 63.5 Å². The van der Waals surface area contributed by atoms with Crippen LogP contribution >= 0.6 is 22.9 Å². The van der Waals surface area contributed by atoms with E-state index in [0.717, 1.165) is 38.5 Å². The first-order chi connectivity index (χ1) is 13.5. The second-order valence-electron chi connectivity index (χ2n) is 5.51. The van der Waals surface area contributed by atoms with Crippen LogP contribution in [0, 0.1) is 6.92 Å². The monoisotopic (exact) mass is 418 g/mol. The first kappa shape index (κ1) is 21.8. The predicted molar refractivity (Wildman–Crippen MR) is 114 cm³/mol. The van der Waals surface area contributed by atoms with Crippen molar-refractivity contribution in [2.24, 2.45) is 4.99 Å². The van der Waals surface area contributed by atoms with Crippen LogP contribution in [0.1, 0.15) is 43.5 Å². The summed E-state index contributed by atoms with van der Waals surface area (Å²) in [6.07, 6.45) is 0. The molecule has 8 heteroatoms. The van der Waals surface area contributed by atoms with Crippen LogP contribution in [-0.2, 0) is 16.1 Å². The molecule has 1 aromatic carbocycles. The Hall–Kier alpha value is -2.51. The van der Waals surface area contributed by atoms with Gasteiger partial charge in [0.2, 0.25) is 0 Å². The molecule has 0 amide bonds. The summed E-state index contributed by atoms with van der Waals surface area (Å²) in [5.41, 5.74) is 3.16. The van der Waals surface area contributed by atoms with E-state index in [4.69, 9.17) is 16.6 Å². The van der Waals surface area contributed by atoms with Crippen LogP contribution in [0.5, 0.6) is 0 Å². The fraction of sp³-hybridized carbons (Fsp3) is 0.300. The van der Waals surface area contributed by atoms with Crippen molar-refractivity contribution in [1.82, 2.24) is 14.8 Å². The smallest absolute Gasteiger partial charge is 0.302 e. The predicted octanol–water partition coefficient (Wildman–Crippen LogP) is 4.85. The van der Waals surface area contributed by atoms with Crippen LogP contribution in [0.15, 0.2) is 40.7 Å². The number of esters is 1. The number of aromatic nitrogens is 3. The van der Waals surface area contributed by atoms with Gasteiger partial charge in [-0.15, -0.1) is 21.5 Å². The van der Waals surface area contributed by atoms with Gasteiger partial charge in [0.05, 0.1) is 12.8 Å². The zero-order chi connectivity index (χ0) is 20.7. The topological polar surface area (TPSA) is 69.4 Å². The highest BCUT2D eigenvalue weighted by atomic mass is 35.5. The zero-order valence-corrected chi connectivity index (χ0v) is 18.1. The van der Waals surface area contributed by atoms with Crippen LogP contribution in [0.25, 0.3) is 5.00 Å². The maximum Gasteiger partial charge on any atom is 0.302 e. The lowest BCUT2D eigenvalue weighted by Gasteiger charge is -2.07. The van der Waals surface area contributed by atoms with Crippen molar-refractivity contribution in [2.45, 2.75) is 34.2 Å². The number of methoxy groups -OCH3 is 1. The molecule has 0 radical (unpaired) electrons. The molecule has 3 aromatic rings. The second-order valence-corrected chi connectivity index (χ2v) is 6.84. The van der Waals surface area contributed by atoms with Gasteiger partial charge in [-0.2, -0.15) is 0 Å². The van der Waals surface area contributed by atoms with Gasteiger partial charge in [0.15, 0.2) is 5.82 Å². The number of halogens is 1. The number of aliphatic imine (C=N–C) groups is 1. The van der Waals surface area contributed by atoms with Crippen LogP contribution in [0.3, 0.4) is 0 Å². The summed E-state index contributed by atoms with van der Waals surface area (Å²) in [6, 6.07) is 9.88. The lowest BCUT2D eigenvalue weighted by Crippen LogP contribution is -2.05. The fourth-order valence-corrected chi connectivity index (χ4v) is 3.61. The average Bonchev–Trinajstić information content (AvgIpc) is 3.28. The van der Waals surface area contributed by atoms with Gasteiger partial charge in [0.1, 0.15) is 17.4 Å². The molecule has 0 N–H and O–H groups in total. The molecular formula is C20H23ClN4O2S. The molecule has 0 fully saturated rings. The Morgan fingerprint density at radius 3 is 2.43 bits per heavy atom. The largest absolute Gasteiger partial charge is 0.469 e. The quantitative estimate of drug-likeness (QED) is 0.530. The number of ether oxygens (including phenoxy) is 1. The molecule has 0 saturated carbocycles. The molecule has 2 aromatic heterocycles. The van der Waals surface area contributed by atoms with E-state index < -0.39 is 0 Å². The molecule has 0 spiro atoms. The van der Waals surface area contributed by atoms with Crippen molar-refractivity contribution in [3.63, 3.8) is 0 Å². The summed E-state index contributed by atoms with van der Waals surface area (Å²) < 4.78 is 6.20. The van der Waals surface area contributed by atoms with E-state index in [-0.39, 0.29) is 5.97 Å². The number of nitrogens with zero attached hydrogens (tertiary/aromatic N) is 4. The Bertz CT molecular complexity index is 961. The van der Waals surface area contributed by atoms with Gasteiger partial charge < -0.3 is 4.74 Å². The van der Waals surface area contributed by atoms with E-state index in [9.17, 15) is 4.79 Å². The van der Waals surface area contributed by atoms with Gasteiger partial charge in [-0.05, 0) is 30.5 Å². The molecule has 0 aliphatic carbocycles. The maximum absolute atomic E-state index is 9.59. The van der Waals surface area contributed by atoms with E-state index in [1.54, 1.807) is 11.3 Å². The van der Waals surface area contributed by atoms with E-state index in [1.807, 2.05) is 45.0 Å². The minimum absolute atomic E-state index is 0.245. The normalized spacial score (nSPS) is 11.4. The summed E-state index contributed by atoms with van der Waals surface area (Å²) >= 11 is 7.66. The molecule has 28 heavy (non-hydrogen) atoms. The van der Waals surface area contributed by atoms with E-state index in [1.165, 1.54) is 14.0 Å². The van der Waals surface area contributed by atoms with E-state index in [2.05, 4.69) is 30.9 Å². The zero-order valence-electron chi connectivity index (χ0n) is 16.6. The lowest BCUT2D eigenvalue weighted by molar-refractivity contribution is -0.137. The van der Waals surface area contributed by atoms with Gasteiger partial charge in [-0.3, -0.25) is 14.4 Å². The molecule has 1 aliphatic rings. The number of hydrogen-bond donors (Lipinski definition) is 0. The van der Waals surface area contributed by atoms with Gasteiger partial charge in [-0.25, -0.2) is 0 Å². The number of rotatable bonds is 1. The number of carbonyl (C=O) groups is 1. The fourth-order valence-electron chi connectivity index (χ4n) is 2.52. The number of thiophene rings is 1. The van der Waals surface area contributed by atoms with Crippen LogP contribution < -0.4 is 0 Å².